The zero-order valence-electron chi connectivity index (χ0n) is 15.2. The van der Waals surface area contributed by atoms with Crippen molar-refractivity contribution in [3.8, 4) is 0 Å². The summed E-state index contributed by atoms with van der Waals surface area (Å²) in [5.41, 5.74) is 0.529. The lowest BCUT2D eigenvalue weighted by molar-refractivity contribution is 0.0527. The van der Waals surface area contributed by atoms with Crippen molar-refractivity contribution >= 4 is 47.6 Å². The number of carbonyl (C=O) groups excluding carboxylic acids is 1. The van der Waals surface area contributed by atoms with Gasteiger partial charge in [0.05, 0.1) is 0 Å². The molecule has 0 aliphatic carbocycles. The van der Waals surface area contributed by atoms with Gasteiger partial charge < -0.3 is 20.7 Å². The van der Waals surface area contributed by atoms with Gasteiger partial charge in [0, 0.05) is 31.7 Å². The van der Waals surface area contributed by atoms with E-state index in [1.54, 1.807) is 7.05 Å². The molecule has 0 aliphatic heterocycles. The van der Waals surface area contributed by atoms with E-state index in [1.807, 2.05) is 45.0 Å². The summed E-state index contributed by atoms with van der Waals surface area (Å²) < 4.78 is 5.17. The van der Waals surface area contributed by atoms with Crippen LogP contribution in [0.25, 0.3) is 0 Å². The molecule has 1 rings (SSSR count). The number of hydrogen-bond acceptors (Lipinski definition) is 3. The highest BCUT2D eigenvalue weighted by Crippen LogP contribution is 2.14. The standard InChI is InChI=1S/C17H27ClN4O2.HI/c1-17(2,3)24-16(23)21-11-7-10-20-15(19-4)22-12-13-8-5-6-9-14(13)18;/h5-6,8-9H,7,10-12H2,1-4H3,(H,21,23)(H2,19,20,22);1H. The molecule has 0 fully saturated rings. The first-order chi connectivity index (χ1) is 11.3. The van der Waals surface area contributed by atoms with E-state index in [2.05, 4.69) is 20.9 Å². The van der Waals surface area contributed by atoms with Crippen LogP contribution in [0.3, 0.4) is 0 Å². The van der Waals surface area contributed by atoms with Gasteiger partial charge in [-0.25, -0.2) is 4.79 Å². The smallest absolute Gasteiger partial charge is 0.407 e. The molecule has 0 saturated heterocycles. The lowest BCUT2D eigenvalue weighted by atomic mass is 10.2. The number of guanidine groups is 1. The first-order valence-corrected chi connectivity index (χ1v) is 8.34. The van der Waals surface area contributed by atoms with Crippen LogP contribution < -0.4 is 16.0 Å². The predicted molar refractivity (Wildman–Crippen MR) is 114 cm³/mol. The molecule has 0 heterocycles. The molecule has 0 aromatic heterocycles. The molecule has 0 aliphatic rings. The molecule has 1 aromatic rings. The van der Waals surface area contributed by atoms with E-state index < -0.39 is 11.7 Å². The van der Waals surface area contributed by atoms with Crippen molar-refractivity contribution in [2.75, 3.05) is 20.1 Å². The summed E-state index contributed by atoms with van der Waals surface area (Å²) in [6.45, 7) is 7.31. The van der Waals surface area contributed by atoms with Crippen LogP contribution in [0.5, 0.6) is 0 Å². The second-order valence-electron chi connectivity index (χ2n) is 6.23. The van der Waals surface area contributed by atoms with Crippen molar-refractivity contribution in [1.82, 2.24) is 16.0 Å². The maximum Gasteiger partial charge on any atom is 0.407 e. The summed E-state index contributed by atoms with van der Waals surface area (Å²) in [4.78, 5) is 15.7. The molecular formula is C17H28ClIN4O2. The Bertz CT molecular complexity index is 562. The monoisotopic (exact) mass is 482 g/mol. The topological polar surface area (TPSA) is 74.8 Å². The van der Waals surface area contributed by atoms with Gasteiger partial charge >= 0.3 is 6.09 Å². The number of nitrogens with one attached hydrogen (secondary N) is 3. The fraction of sp³-hybridized carbons (Fsp3) is 0.529. The molecule has 142 valence electrons. The molecule has 6 nitrogen and oxygen atoms in total. The Morgan fingerprint density at radius 1 is 1.16 bits per heavy atom. The van der Waals surface area contributed by atoms with Gasteiger partial charge in [-0.15, -0.1) is 24.0 Å². The highest BCUT2D eigenvalue weighted by atomic mass is 127. The highest BCUT2D eigenvalue weighted by Gasteiger charge is 2.15. The molecule has 8 heteroatoms. The van der Waals surface area contributed by atoms with E-state index in [9.17, 15) is 4.79 Å². The minimum absolute atomic E-state index is 0. The number of carbonyl (C=O) groups is 1. The molecule has 25 heavy (non-hydrogen) atoms. The zero-order valence-corrected chi connectivity index (χ0v) is 18.3. The van der Waals surface area contributed by atoms with Crippen molar-refractivity contribution in [3.05, 3.63) is 34.9 Å². The Hall–Kier alpha value is -1.22. The minimum atomic E-state index is -0.479. The molecule has 0 bridgehead atoms. The van der Waals surface area contributed by atoms with E-state index in [0.717, 1.165) is 17.0 Å². The molecule has 1 amide bonds. The fourth-order valence-electron chi connectivity index (χ4n) is 1.84. The van der Waals surface area contributed by atoms with Crippen molar-refractivity contribution in [3.63, 3.8) is 0 Å². The van der Waals surface area contributed by atoms with Crippen molar-refractivity contribution in [2.24, 2.45) is 4.99 Å². The largest absolute Gasteiger partial charge is 0.444 e. The molecule has 0 spiro atoms. The summed E-state index contributed by atoms with van der Waals surface area (Å²) in [5, 5.41) is 9.83. The van der Waals surface area contributed by atoms with Crippen LogP contribution in [-0.4, -0.2) is 37.8 Å². The van der Waals surface area contributed by atoms with Gasteiger partial charge in [0.25, 0.3) is 0 Å². The van der Waals surface area contributed by atoms with Gasteiger partial charge in [-0.05, 0) is 38.8 Å². The van der Waals surface area contributed by atoms with Crippen LogP contribution in [0.1, 0.15) is 32.8 Å². The van der Waals surface area contributed by atoms with Crippen LogP contribution in [0, 0.1) is 0 Å². The third-order valence-electron chi connectivity index (χ3n) is 2.94. The summed E-state index contributed by atoms with van der Waals surface area (Å²) in [6, 6.07) is 7.67. The van der Waals surface area contributed by atoms with Crippen LogP contribution in [0.4, 0.5) is 4.79 Å². The maximum atomic E-state index is 11.5. The van der Waals surface area contributed by atoms with Gasteiger partial charge in [-0.2, -0.15) is 0 Å². The molecule has 0 radical (unpaired) electrons. The van der Waals surface area contributed by atoms with Crippen LogP contribution in [-0.2, 0) is 11.3 Å². The Kier molecular flexibility index (Phi) is 11.6. The van der Waals surface area contributed by atoms with E-state index in [0.29, 0.717) is 25.6 Å². The third kappa shape index (κ3) is 11.1. The van der Waals surface area contributed by atoms with Crippen LogP contribution in [0.2, 0.25) is 5.02 Å². The normalized spacial score (nSPS) is 11.3. The van der Waals surface area contributed by atoms with Gasteiger partial charge in [0.1, 0.15) is 5.60 Å². The third-order valence-corrected chi connectivity index (χ3v) is 3.31. The molecule has 0 saturated carbocycles. The summed E-state index contributed by atoms with van der Waals surface area (Å²) in [6.07, 6.45) is 0.357. The number of alkyl carbamates (subject to hydrolysis) is 1. The Morgan fingerprint density at radius 2 is 1.80 bits per heavy atom. The number of aliphatic imine (C=N–C) groups is 1. The minimum Gasteiger partial charge on any atom is -0.444 e. The van der Waals surface area contributed by atoms with Gasteiger partial charge in [-0.1, -0.05) is 29.8 Å². The van der Waals surface area contributed by atoms with Crippen LogP contribution >= 0.6 is 35.6 Å². The summed E-state index contributed by atoms with van der Waals surface area (Å²) in [7, 11) is 1.71. The average molecular weight is 483 g/mol. The number of halogens is 2. The first-order valence-electron chi connectivity index (χ1n) is 7.96. The van der Waals surface area contributed by atoms with E-state index in [4.69, 9.17) is 16.3 Å². The molecule has 0 unspecified atom stereocenters. The van der Waals surface area contributed by atoms with E-state index in [-0.39, 0.29) is 24.0 Å². The quantitative estimate of drug-likeness (QED) is 0.251. The summed E-state index contributed by atoms with van der Waals surface area (Å²) in [5.74, 6) is 0.687. The number of benzene rings is 1. The maximum absolute atomic E-state index is 11.5. The zero-order chi connectivity index (χ0) is 18.0. The predicted octanol–water partition coefficient (Wildman–Crippen LogP) is 3.54. The van der Waals surface area contributed by atoms with Gasteiger partial charge in [-0.3, -0.25) is 4.99 Å². The van der Waals surface area contributed by atoms with Crippen molar-refractivity contribution in [2.45, 2.75) is 39.3 Å². The van der Waals surface area contributed by atoms with Crippen LogP contribution in [0.15, 0.2) is 29.3 Å². The number of amides is 1. The molecule has 3 N–H and O–H groups in total. The fourth-order valence-corrected chi connectivity index (χ4v) is 2.04. The molecule has 0 atom stereocenters. The van der Waals surface area contributed by atoms with E-state index in [1.165, 1.54) is 0 Å². The Balaban J connectivity index is 0.00000576. The second-order valence-corrected chi connectivity index (χ2v) is 6.63. The van der Waals surface area contributed by atoms with E-state index >= 15 is 0 Å². The van der Waals surface area contributed by atoms with Crippen molar-refractivity contribution in [1.29, 1.82) is 0 Å². The molecular weight excluding hydrogens is 455 g/mol. The average Bonchev–Trinajstić information content (AvgIpc) is 2.49. The Labute approximate surface area is 172 Å². The lowest BCUT2D eigenvalue weighted by Gasteiger charge is -2.19. The highest BCUT2D eigenvalue weighted by molar-refractivity contribution is 14.0. The number of ether oxygens (including phenoxy) is 1. The number of hydrogen-bond donors (Lipinski definition) is 3. The number of nitrogens with zero attached hydrogens (tertiary/aromatic N) is 1. The SMILES string of the molecule is CN=C(NCCCNC(=O)OC(C)(C)C)NCc1ccccc1Cl.I. The van der Waals surface area contributed by atoms with Crippen molar-refractivity contribution < 1.29 is 9.53 Å². The van der Waals surface area contributed by atoms with Gasteiger partial charge in [0.15, 0.2) is 5.96 Å². The number of rotatable bonds is 6. The second kappa shape index (κ2) is 12.2. The first kappa shape index (κ1) is 23.8. The van der Waals surface area contributed by atoms with Gasteiger partial charge in [0.2, 0.25) is 0 Å². The molecule has 1 aromatic carbocycles. The lowest BCUT2D eigenvalue weighted by Crippen LogP contribution is -2.39. The Morgan fingerprint density at radius 3 is 2.40 bits per heavy atom. The summed E-state index contributed by atoms with van der Waals surface area (Å²) >= 11 is 6.12.